The molecule has 0 radical (unpaired) electrons. The summed E-state index contributed by atoms with van der Waals surface area (Å²) in [7, 11) is 0. The summed E-state index contributed by atoms with van der Waals surface area (Å²) in [6, 6.07) is 3.86. The van der Waals surface area contributed by atoms with Crippen LogP contribution >= 0.6 is 11.3 Å². The first-order chi connectivity index (χ1) is 13.7. The van der Waals surface area contributed by atoms with Gasteiger partial charge in [0, 0.05) is 25.1 Å². The Kier molecular flexibility index (Phi) is 4.50. The summed E-state index contributed by atoms with van der Waals surface area (Å²) in [4.78, 5) is 24.1. The van der Waals surface area contributed by atoms with Crippen molar-refractivity contribution in [3.05, 3.63) is 40.1 Å². The number of hydrogen-bond donors (Lipinski definition) is 0. The quantitative estimate of drug-likeness (QED) is 0.660. The summed E-state index contributed by atoms with van der Waals surface area (Å²) in [6.07, 6.45) is 6.38. The van der Waals surface area contributed by atoms with E-state index in [0.29, 0.717) is 24.3 Å². The Morgan fingerprint density at radius 1 is 1.25 bits per heavy atom. The molecular formula is C20H23N5O2S. The van der Waals surface area contributed by atoms with E-state index in [1.165, 1.54) is 24.2 Å². The molecule has 5 rings (SSSR count). The molecule has 0 spiro atoms. The highest BCUT2D eigenvalue weighted by molar-refractivity contribution is 7.11. The SMILES string of the molecule is Cc1ncsc1C(=O)N1CCC(COc2ccc3nc(C4CC4)cn3n2)CC1. The lowest BCUT2D eigenvalue weighted by Gasteiger charge is -2.31. The number of hydrogen-bond acceptors (Lipinski definition) is 6. The van der Waals surface area contributed by atoms with Gasteiger partial charge in [-0.15, -0.1) is 16.4 Å². The van der Waals surface area contributed by atoms with Crippen molar-refractivity contribution in [3.63, 3.8) is 0 Å². The Hall–Kier alpha value is -2.48. The minimum atomic E-state index is 0.109. The molecule has 2 aliphatic rings. The van der Waals surface area contributed by atoms with Crippen molar-refractivity contribution in [3.8, 4) is 5.88 Å². The number of fused-ring (bicyclic) bond motifs is 1. The fourth-order valence-corrected chi connectivity index (χ4v) is 4.46. The molecule has 1 aliphatic carbocycles. The van der Waals surface area contributed by atoms with Crippen LogP contribution in [-0.2, 0) is 0 Å². The minimum absolute atomic E-state index is 0.109. The number of thiazole rings is 1. The Balaban J connectivity index is 1.15. The van der Waals surface area contributed by atoms with Crippen molar-refractivity contribution >= 4 is 22.9 Å². The van der Waals surface area contributed by atoms with Gasteiger partial charge in [-0.05, 0) is 44.6 Å². The van der Waals surface area contributed by atoms with Crippen molar-refractivity contribution in [1.29, 1.82) is 0 Å². The van der Waals surface area contributed by atoms with Gasteiger partial charge in [0.2, 0.25) is 5.88 Å². The number of rotatable bonds is 5. The maximum Gasteiger partial charge on any atom is 0.265 e. The lowest BCUT2D eigenvalue weighted by atomic mass is 9.97. The van der Waals surface area contributed by atoms with Crippen LogP contribution in [0, 0.1) is 12.8 Å². The average molecular weight is 398 g/mol. The van der Waals surface area contributed by atoms with Gasteiger partial charge in [0.05, 0.1) is 29.7 Å². The molecule has 4 heterocycles. The molecule has 7 nitrogen and oxygen atoms in total. The molecule has 3 aromatic rings. The highest BCUT2D eigenvalue weighted by atomic mass is 32.1. The van der Waals surface area contributed by atoms with Gasteiger partial charge in [-0.3, -0.25) is 4.79 Å². The number of carbonyl (C=O) groups is 1. The van der Waals surface area contributed by atoms with E-state index in [9.17, 15) is 4.79 Å². The summed E-state index contributed by atoms with van der Waals surface area (Å²) in [5.74, 6) is 1.80. The van der Waals surface area contributed by atoms with E-state index in [0.717, 1.165) is 47.8 Å². The maximum atomic E-state index is 12.6. The van der Waals surface area contributed by atoms with Gasteiger partial charge in [-0.1, -0.05) is 0 Å². The first kappa shape index (κ1) is 17.6. The Labute approximate surface area is 167 Å². The highest BCUT2D eigenvalue weighted by Crippen LogP contribution is 2.39. The van der Waals surface area contributed by atoms with Gasteiger partial charge in [-0.2, -0.15) is 0 Å². The predicted molar refractivity (Wildman–Crippen MR) is 106 cm³/mol. The monoisotopic (exact) mass is 397 g/mol. The van der Waals surface area contributed by atoms with Crippen LogP contribution in [0.4, 0.5) is 0 Å². The number of piperidine rings is 1. The smallest absolute Gasteiger partial charge is 0.265 e. The normalized spacial score (nSPS) is 18.0. The zero-order valence-electron chi connectivity index (χ0n) is 15.9. The number of ether oxygens (including phenoxy) is 1. The van der Waals surface area contributed by atoms with E-state index in [1.54, 1.807) is 5.51 Å². The lowest BCUT2D eigenvalue weighted by molar-refractivity contribution is 0.0662. The third-order valence-corrected chi connectivity index (χ3v) is 6.53. The summed E-state index contributed by atoms with van der Waals surface area (Å²) in [6.45, 7) is 4.05. The van der Waals surface area contributed by atoms with Crippen molar-refractivity contribution in [1.82, 2.24) is 24.5 Å². The van der Waals surface area contributed by atoms with E-state index < -0.39 is 0 Å². The standard InChI is InChI=1S/C20H23N5O2S/c1-13-19(28-12-21-13)20(26)24-8-6-14(7-9-24)11-27-18-5-4-17-22-16(15-2-3-15)10-25(17)23-18/h4-5,10,12,14-15H,2-3,6-9,11H2,1H3. The van der Waals surface area contributed by atoms with Gasteiger partial charge >= 0.3 is 0 Å². The molecule has 1 saturated heterocycles. The van der Waals surface area contributed by atoms with E-state index in [2.05, 4.69) is 15.1 Å². The van der Waals surface area contributed by atoms with Gasteiger partial charge in [0.15, 0.2) is 5.65 Å². The first-order valence-electron chi connectivity index (χ1n) is 9.86. The van der Waals surface area contributed by atoms with Crippen molar-refractivity contribution in [2.45, 2.75) is 38.5 Å². The molecular weight excluding hydrogens is 374 g/mol. The van der Waals surface area contributed by atoms with Gasteiger partial charge in [-0.25, -0.2) is 14.5 Å². The molecule has 1 aliphatic heterocycles. The molecule has 1 saturated carbocycles. The second-order valence-corrected chi connectivity index (χ2v) is 8.58. The highest BCUT2D eigenvalue weighted by Gasteiger charge is 2.27. The molecule has 0 atom stereocenters. The average Bonchev–Trinajstić information content (AvgIpc) is 3.34. The van der Waals surface area contributed by atoms with Crippen LogP contribution in [0.25, 0.3) is 5.65 Å². The van der Waals surface area contributed by atoms with Crippen molar-refractivity contribution in [2.75, 3.05) is 19.7 Å². The zero-order chi connectivity index (χ0) is 19.1. The largest absolute Gasteiger partial charge is 0.476 e. The summed E-state index contributed by atoms with van der Waals surface area (Å²) in [5.41, 5.74) is 4.57. The van der Waals surface area contributed by atoms with Crippen molar-refractivity contribution < 1.29 is 9.53 Å². The van der Waals surface area contributed by atoms with Crippen LogP contribution in [0.1, 0.15) is 52.7 Å². The molecule has 0 N–H and O–H groups in total. The third kappa shape index (κ3) is 3.48. The van der Waals surface area contributed by atoms with Gasteiger partial charge in [0.1, 0.15) is 4.88 Å². The second kappa shape index (κ2) is 7.16. The van der Waals surface area contributed by atoms with E-state index in [4.69, 9.17) is 4.74 Å². The predicted octanol–water partition coefficient (Wildman–Crippen LogP) is 3.30. The van der Waals surface area contributed by atoms with Crippen LogP contribution in [0.5, 0.6) is 5.88 Å². The number of carbonyl (C=O) groups excluding carboxylic acids is 1. The Morgan fingerprint density at radius 3 is 2.79 bits per heavy atom. The number of amides is 1. The summed E-state index contributed by atoms with van der Waals surface area (Å²) >= 11 is 1.43. The fourth-order valence-electron chi connectivity index (χ4n) is 3.69. The third-order valence-electron chi connectivity index (χ3n) is 5.62. The Morgan fingerprint density at radius 2 is 2.07 bits per heavy atom. The van der Waals surface area contributed by atoms with Gasteiger partial charge in [0.25, 0.3) is 5.91 Å². The summed E-state index contributed by atoms with van der Waals surface area (Å²) in [5, 5.41) is 4.54. The molecule has 0 bridgehead atoms. The summed E-state index contributed by atoms with van der Waals surface area (Å²) < 4.78 is 7.78. The van der Waals surface area contributed by atoms with Crippen LogP contribution in [0.2, 0.25) is 0 Å². The first-order valence-corrected chi connectivity index (χ1v) is 10.7. The van der Waals surface area contributed by atoms with E-state index in [-0.39, 0.29) is 5.91 Å². The number of likely N-dealkylation sites (tertiary alicyclic amines) is 1. The number of nitrogens with zero attached hydrogens (tertiary/aromatic N) is 5. The second-order valence-electron chi connectivity index (χ2n) is 7.73. The molecule has 28 heavy (non-hydrogen) atoms. The molecule has 2 fully saturated rings. The van der Waals surface area contributed by atoms with Crippen LogP contribution in [0.15, 0.2) is 23.8 Å². The fraction of sp³-hybridized carbons (Fsp3) is 0.500. The number of aromatic nitrogens is 4. The minimum Gasteiger partial charge on any atom is -0.476 e. The van der Waals surface area contributed by atoms with Crippen LogP contribution in [0.3, 0.4) is 0 Å². The molecule has 8 heteroatoms. The molecule has 0 aromatic carbocycles. The topological polar surface area (TPSA) is 72.6 Å². The van der Waals surface area contributed by atoms with Crippen molar-refractivity contribution in [2.24, 2.45) is 5.92 Å². The van der Waals surface area contributed by atoms with Gasteiger partial charge < -0.3 is 9.64 Å². The number of imidazole rings is 1. The molecule has 146 valence electrons. The van der Waals surface area contributed by atoms with Crippen LogP contribution in [-0.4, -0.2) is 50.1 Å². The van der Waals surface area contributed by atoms with Crippen LogP contribution < -0.4 is 4.74 Å². The number of aryl methyl sites for hydroxylation is 1. The molecule has 1 amide bonds. The molecule has 3 aromatic heterocycles. The Bertz CT molecular complexity index is 1000. The van der Waals surface area contributed by atoms with E-state index >= 15 is 0 Å². The molecule has 0 unspecified atom stereocenters. The van der Waals surface area contributed by atoms with E-state index in [1.807, 2.05) is 34.7 Å². The lowest BCUT2D eigenvalue weighted by Crippen LogP contribution is -2.39. The maximum absolute atomic E-state index is 12.6. The zero-order valence-corrected chi connectivity index (χ0v) is 16.7.